The third-order valence-electron chi connectivity index (χ3n) is 3.44. The number of carbonyl (C=O) groups is 3. The Morgan fingerprint density at radius 2 is 1.77 bits per heavy atom. The van der Waals surface area contributed by atoms with Crippen LogP contribution in [-0.4, -0.2) is 23.8 Å². The zero-order valence-electron chi connectivity index (χ0n) is 13.6. The van der Waals surface area contributed by atoms with Gasteiger partial charge in [0.25, 0.3) is 5.91 Å². The molecule has 26 heavy (non-hydrogen) atoms. The van der Waals surface area contributed by atoms with Gasteiger partial charge in [-0.05, 0) is 17.7 Å². The van der Waals surface area contributed by atoms with Gasteiger partial charge in [-0.2, -0.15) is 0 Å². The van der Waals surface area contributed by atoms with Crippen LogP contribution in [-0.2, 0) is 20.9 Å². The molecule has 0 aliphatic heterocycles. The van der Waals surface area contributed by atoms with Gasteiger partial charge in [0.1, 0.15) is 24.3 Å². The lowest BCUT2D eigenvalue weighted by Gasteiger charge is -2.15. The molecule has 2 amide bonds. The zero-order chi connectivity index (χ0) is 19.1. The van der Waals surface area contributed by atoms with Crippen LogP contribution in [0.5, 0.6) is 0 Å². The molecule has 2 aromatic rings. The lowest BCUT2D eigenvalue weighted by Crippen LogP contribution is -2.46. The lowest BCUT2D eigenvalue weighted by molar-refractivity contribution is -0.146. The van der Waals surface area contributed by atoms with Crippen LogP contribution in [0, 0.1) is 11.6 Å². The van der Waals surface area contributed by atoms with Gasteiger partial charge in [-0.3, -0.25) is 14.4 Å². The molecule has 0 radical (unpaired) electrons. The van der Waals surface area contributed by atoms with E-state index in [2.05, 4.69) is 5.32 Å². The number of primary amides is 1. The van der Waals surface area contributed by atoms with Crippen molar-refractivity contribution < 1.29 is 27.9 Å². The summed E-state index contributed by atoms with van der Waals surface area (Å²) in [5.74, 6) is -4.70. The molecule has 0 saturated heterocycles. The van der Waals surface area contributed by atoms with Crippen molar-refractivity contribution in [2.75, 3.05) is 0 Å². The third kappa shape index (κ3) is 5.37. The number of hydrogen-bond donors (Lipinski definition) is 2. The molecular weight excluding hydrogens is 346 g/mol. The Bertz CT molecular complexity index is 812. The summed E-state index contributed by atoms with van der Waals surface area (Å²) in [4.78, 5) is 35.3. The van der Waals surface area contributed by atoms with E-state index in [0.717, 1.165) is 17.7 Å². The second-order valence-electron chi connectivity index (χ2n) is 5.40. The van der Waals surface area contributed by atoms with E-state index in [1.807, 2.05) is 0 Å². The number of halogens is 2. The highest BCUT2D eigenvalue weighted by Gasteiger charge is 2.24. The van der Waals surface area contributed by atoms with Crippen LogP contribution in [0.15, 0.2) is 48.5 Å². The Balaban J connectivity index is 1.96. The van der Waals surface area contributed by atoms with Gasteiger partial charge in [-0.15, -0.1) is 0 Å². The Morgan fingerprint density at radius 1 is 1.08 bits per heavy atom. The topological polar surface area (TPSA) is 98.5 Å². The lowest BCUT2D eigenvalue weighted by atomic mass is 10.1. The van der Waals surface area contributed by atoms with Crippen molar-refractivity contribution in [1.82, 2.24) is 5.32 Å². The molecule has 0 bridgehead atoms. The number of hydrogen-bond acceptors (Lipinski definition) is 4. The predicted molar refractivity (Wildman–Crippen MR) is 87.7 cm³/mol. The summed E-state index contributed by atoms with van der Waals surface area (Å²) in [6.07, 6.45) is -0.517. The average molecular weight is 362 g/mol. The molecule has 2 rings (SSSR count). The van der Waals surface area contributed by atoms with E-state index in [9.17, 15) is 23.2 Å². The van der Waals surface area contributed by atoms with Crippen molar-refractivity contribution in [1.29, 1.82) is 0 Å². The standard InChI is InChI=1S/C18H16F2N2O4/c19-12-6-7-13(14(20)8-12)18(25)22-15(17(21)24)9-16(23)26-10-11-4-2-1-3-5-11/h1-8,15H,9-10H2,(H2,21,24)(H,22,25)/t15-/m1/s1. The molecule has 2 aromatic carbocycles. The van der Waals surface area contributed by atoms with E-state index in [1.165, 1.54) is 0 Å². The molecule has 0 heterocycles. The molecular formula is C18H16F2N2O4. The average Bonchev–Trinajstić information content (AvgIpc) is 2.60. The van der Waals surface area contributed by atoms with E-state index in [-0.39, 0.29) is 6.61 Å². The highest BCUT2D eigenvalue weighted by molar-refractivity contribution is 5.98. The summed E-state index contributed by atoms with van der Waals surface area (Å²) in [5, 5.41) is 2.15. The van der Waals surface area contributed by atoms with Crippen LogP contribution >= 0.6 is 0 Å². The maximum absolute atomic E-state index is 13.6. The number of nitrogens with one attached hydrogen (secondary N) is 1. The minimum Gasteiger partial charge on any atom is -0.461 e. The van der Waals surface area contributed by atoms with Crippen molar-refractivity contribution in [3.63, 3.8) is 0 Å². The number of amides is 2. The largest absolute Gasteiger partial charge is 0.461 e. The number of rotatable bonds is 7. The summed E-state index contributed by atoms with van der Waals surface area (Å²) in [7, 11) is 0. The van der Waals surface area contributed by atoms with Gasteiger partial charge in [-0.25, -0.2) is 8.78 Å². The fraction of sp³-hybridized carbons (Fsp3) is 0.167. The Hall–Kier alpha value is -3.29. The van der Waals surface area contributed by atoms with Crippen LogP contribution in [0.1, 0.15) is 22.3 Å². The van der Waals surface area contributed by atoms with Crippen LogP contribution in [0.2, 0.25) is 0 Å². The van der Waals surface area contributed by atoms with Crippen LogP contribution in [0.25, 0.3) is 0 Å². The van der Waals surface area contributed by atoms with E-state index < -0.39 is 47.4 Å². The van der Waals surface area contributed by atoms with Gasteiger partial charge in [0.15, 0.2) is 0 Å². The van der Waals surface area contributed by atoms with Crippen molar-refractivity contribution in [2.45, 2.75) is 19.1 Å². The van der Waals surface area contributed by atoms with E-state index in [1.54, 1.807) is 30.3 Å². The molecule has 0 unspecified atom stereocenters. The Kier molecular flexibility index (Phi) is 6.37. The number of benzene rings is 2. The van der Waals surface area contributed by atoms with Gasteiger partial charge in [0.2, 0.25) is 5.91 Å². The summed E-state index contributed by atoms with van der Waals surface area (Å²) in [5.41, 5.74) is 5.43. The number of carbonyl (C=O) groups excluding carboxylic acids is 3. The maximum Gasteiger partial charge on any atom is 0.308 e. The normalized spacial score (nSPS) is 11.5. The molecule has 136 valence electrons. The zero-order valence-corrected chi connectivity index (χ0v) is 13.6. The van der Waals surface area contributed by atoms with Gasteiger partial charge < -0.3 is 15.8 Å². The number of esters is 1. The minimum atomic E-state index is -1.39. The summed E-state index contributed by atoms with van der Waals surface area (Å²) < 4.78 is 31.5. The summed E-state index contributed by atoms with van der Waals surface area (Å²) in [6, 6.07) is 9.79. The van der Waals surface area contributed by atoms with Crippen molar-refractivity contribution >= 4 is 17.8 Å². The number of nitrogens with two attached hydrogens (primary N) is 1. The highest BCUT2D eigenvalue weighted by Crippen LogP contribution is 2.10. The molecule has 0 aliphatic rings. The Labute approximate surface area is 147 Å². The third-order valence-corrected chi connectivity index (χ3v) is 3.44. The molecule has 8 heteroatoms. The predicted octanol–water partition coefficient (Wildman–Crippen LogP) is 1.68. The van der Waals surface area contributed by atoms with Crippen LogP contribution in [0.3, 0.4) is 0 Å². The van der Waals surface area contributed by atoms with Crippen LogP contribution in [0.4, 0.5) is 8.78 Å². The minimum absolute atomic E-state index is 0.00824. The molecule has 0 fully saturated rings. The fourth-order valence-corrected chi connectivity index (χ4v) is 2.10. The Morgan fingerprint density at radius 3 is 2.38 bits per heavy atom. The number of ether oxygens (including phenoxy) is 1. The summed E-state index contributed by atoms with van der Waals surface area (Å²) >= 11 is 0. The quantitative estimate of drug-likeness (QED) is 0.732. The monoisotopic (exact) mass is 362 g/mol. The van der Waals surface area contributed by atoms with E-state index >= 15 is 0 Å². The molecule has 0 saturated carbocycles. The van der Waals surface area contributed by atoms with Crippen LogP contribution < -0.4 is 11.1 Å². The van der Waals surface area contributed by atoms with Gasteiger partial charge in [0, 0.05) is 6.07 Å². The molecule has 0 aromatic heterocycles. The molecule has 0 aliphatic carbocycles. The molecule has 6 nitrogen and oxygen atoms in total. The fourth-order valence-electron chi connectivity index (χ4n) is 2.10. The first-order valence-corrected chi connectivity index (χ1v) is 7.61. The first-order valence-electron chi connectivity index (χ1n) is 7.61. The molecule has 1 atom stereocenters. The van der Waals surface area contributed by atoms with Crippen molar-refractivity contribution in [3.05, 3.63) is 71.3 Å². The van der Waals surface area contributed by atoms with Crippen molar-refractivity contribution in [2.24, 2.45) is 5.73 Å². The van der Waals surface area contributed by atoms with E-state index in [4.69, 9.17) is 10.5 Å². The molecule has 3 N–H and O–H groups in total. The maximum atomic E-state index is 13.6. The molecule has 0 spiro atoms. The summed E-state index contributed by atoms with van der Waals surface area (Å²) in [6.45, 7) is -0.00824. The first-order chi connectivity index (χ1) is 12.4. The second kappa shape index (κ2) is 8.70. The second-order valence-corrected chi connectivity index (χ2v) is 5.40. The first kappa shape index (κ1) is 19.0. The van der Waals surface area contributed by atoms with Gasteiger partial charge in [0.05, 0.1) is 12.0 Å². The highest BCUT2D eigenvalue weighted by atomic mass is 19.1. The smallest absolute Gasteiger partial charge is 0.308 e. The van der Waals surface area contributed by atoms with Gasteiger partial charge >= 0.3 is 5.97 Å². The SMILES string of the molecule is NC(=O)[C@@H](CC(=O)OCc1ccccc1)NC(=O)c1ccc(F)cc1F. The van der Waals surface area contributed by atoms with Crippen molar-refractivity contribution in [3.8, 4) is 0 Å². The van der Waals surface area contributed by atoms with E-state index in [0.29, 0.717) is 6.07 Å². The van der Waals surface area contributed by atoms with Gasteiger partial charge in [-0.1, -0.05) is 30.3 Å².